The number of nitrogens with zero attached hydrogens (tertiary/aromatic N) is 1. The molecule has 2 rings (SSSR count). The Balaban J connectivity index is 2.05. The van der Waals surface area contributed by atoms with Crippen molar-refractivity contribution in [3.63, 3.8) is 0 Å². The molecule has 1 aromatic carbocycles. The third kappa shape index (κ3) is 6.53. The quantitative estimate of drug-likeness (QED) is 0.479. The van der Waals surface area contributed by atoms with Gasteiger partial charge in [-0.15, -0.1) is 0 Å². The minimum absolute atomic E-state index is 0.239. The first-order valence-electron chi connectivity index (χ1n) is 8.47. The van der Waals surface area contributed by atoms with E-state index in [1.165, 1.54) is 25.4 Å². The van der Waals surface area contributed by atoms with E-state index < -0.39 is 17.6 Å². The summed E-state index contributed by atoms with van der Waals surface area (Å²) in [7, 11) is 1.50. The van der Waals surface area contributed by atoms with Crippen LogP contribution in [0.2, 0.25) is 0 Å². The van der Waals surface area contributed by atoms with Crippen LogP contribution in [0.15, 0.2) is 79.2 Å². The number of rotatable bonds is 8. The first-order chi connectivity index (χ1) is 13.7. The molecule has 1 amide bonds. The van der Waals surface area contributed by atoms with E-state index in [9.17, 15) is 18.0 Å². The SMILES string of the molecule is C=C(/C=C\C(=C)OC)CNc1ncccc1C(=O)Nc1ccc(C(F)(F)F)cc1. The van der Waals surface area contributed by atoms with Gasteiger partial charge in [0.1, 0.15) is 11.6 Å². The topological polar surface area (TPSA) is 63.2 Å². The fraction of sp³-hybridized carbons (Fsp3) is 0.143. The van der Waals surface area contributed by atoms with Crippen molar-refractivity contribution >= 4 is 17.4 Å². The molecule has 0 spiro atoms. The third-order valence-electron chi connectivity index (χ3n) is 3.77. The number of pyridine rings is 1. The Morgan fingerprint density at radius 3 is 2.48 bits per heavy atom. The molecule has 1 heterocycles. The summed E-state index contributed by atoms with van der Waals surface area (Å²) in [5, 5.41) is 5.57. The van der Waals surface area contributed by atoms with Crippen LogP contribution in [-0.4, -0.2) is 24.5 Å². The van der Waals surface area contributed by atoms with Crippen LogP contribution in [0.4, 0.5) is 24.7 Å². The lowest BCUT2D eigenvalue weighted by atomic mass is 10.2. The number of anilines is 2. The summed E-state index contributed by atoms with van der Waals surface area (Å²) in [6.45, 7) is 7.85. The molecule has 1 aromatic heterocycles. The summed E-state index contributed by atoms with van der Waals surface area (Å²) in [5.41, 5.74) is 0.388. The maximum absolute atomic E-state index is 12.6. The zero-order valence-electron chi connectivity index (χ0n) is 15.7. The summed E-state index contributed by atoms with van der Waals surface area (Å²) >= 11 is 0. The number of benzene rings is 1. The number of allylic oxidation sites excluding steroid dienone is 1. The van der Waals surface area contributed by atoms with Crippen molar-refractivity contribution in [3.05, 3.63) is 90.4 Å². The lowest BCUT2D eigenvalue weighted by Gasteiger charge is -2.12. The van der Waals surface area contributed by atoms with E-state index in [-0.39, 0.29) is 11.3 Å². The second kappa shape index (κ2) is 9.59. The number of nitrogens with one attached hydrogen (secondary N) is 2. The van der Waals surface area contributed by atoms with Gasteiger partial charge >= 0.3 is 6.18 Å². The highest BCUT2D eigenvalue weighted by atomic mass is 19.4. The fourth-order valence-electron chi connectivity index (χ4n) is 2.21. The summed E-state index contributed by atoms with van der Waals surface area (Å²) in [6, 6.07) is 7.34. The number of halogens is 3. The first-order valence-corrected chi connectivity index (χ1v) is 8.47. The molecule has 0 atom stereocenters. The van der Waals surface area contributed by atoms with E-state index in [0.717, 1.165) is 12.1 Å². The predicted octanol–water partition coefficient (Wildman–Crippen LogP) is 5.04. The number of hydrogen-bond donors (Lipinski definition) is 2. The molecule has 0 aliphatic rings. The van der Waals surface area contributed by atoms with Crippen molar-refractivity contribution in [2.45, 2.75) is 6.18 Å². The molecule has 5 nitrogen and oxygen atoms in total. The molecule has 0 saturated carbocycles. The number of carbonyl (C=O) groups is 1. The number of carbonyl (C=O) groups excluding carboxylic acids is 1. The van der Waals surface area contributed by atoms with Gasteiger partial charge in [0.2, 0.25) is 0 Å². The van der Waals surface area contributed by atoms with Crippen LogP contribution in [0.5, 0.6) is 0 Å². The average molecular weight is 403 g/mol. The summed E-state index contributed by atoms with van der Waals surface area (Å²) < 4.78 is 42.9. The van der Waals surface area contributed by atoms with Crippen LogP contribution in [0.25, 0.3) is 0 Å². The zero-order valence-corrected chi connectivity index (χ0v) is 15.7. The molecule has 29 heavy (non-hydrogen) atoms. The maximum atomic E-state index is 12.6. The van der Waals surface area contributed by atoms with Crippen LogP contribution in [0.1, 0.15) is 15.9 Å². The lowest BCUT2D eigenvalue weighted by molar-refractivity contribution is -0.137. The van der Waals surface area contributed by atoms with Crippen LogP contribution < -0.4 is 10.6 Å². The summed E-state index contributed by atoms with van der Waals surface area (Å²) in [4.78, 5) is 16.7. The molecule has 2 N–H and O–H groups in total. The molecule has 0 aliphatic heterocycles. The van der Waals surface area contributed by atoms with Gasteiger partial charge < -0.3 is 15.4 Å². The average Bonchev–Trinajstić information content (AvgIpc) is 2.70. The van der Waals surface area contributed by atoms with Crippen molar-refractivity contribution < 1.29 is 22.7 Å². The van der Waals surface area contributed by atoms with E-state index in [1.807, 2.05) is 0 Å². The van der Waals surface area contributed by atoms with Gasteiger partial charge in [-0.1, -0.05) is 19.2 Å². The Morgan fingerprint density at radius 1 is 1.17 bits per heavy atom. The second-order valence-electron chi connectivity index (χ2n) is 5.94. The highest BCUT2D eigenvalue weighted by Gasteiger charge is 2.30. The van der Waals surface area contributed by atoms with Gasteiger partial charge in [0.25, 0.3) is 5.91 Å². The van der Waals surface area contributed by atoms with Gasteiger partial charge in [-0.05, 0) is 48.0 Å². The molecule has 0 saturated heterocycles. The second-order valence-corrected chi connectivity index (χ2v) is 5.94. The molecular formula is C21H20F3N3O2. The summed E-state index contributed by atoms with van der Waals surface area (Å²) in [5.74, 6) is 0.284. The fourth-order valence-corrected chi connectivity index (χ4v) is 2.21. The number of methoxy groups -OCH3 is 1. The standard InChI is InChI=1S/C21H20F3N3O2/c1-14(6-7-15(2)29-3)13-26-19-18(5-4-12-25-19)20(28)27-17-10-8-16(9-11-17)21(22,23)24/h4-12H,1-2,13H2,3H3,(H,25,26)(H,27,28)/b7-6-. The Labute approximate surface area is 166 Å². The first kappa shape index (κ1) is 21.7. The molecule has 2 aromatic rings. The molecule has 0 radical (unpaired) electrons. The Bertz CT molecular complexity index is 920. The number of ether oxygens (including phenoxy) is 1. The Kier molecular flexibility index (Phi) is 7.19. The molecular weight excluding hydrogens is 383 g/mol. The molecule has 0 bridgehead atoms. The number of amides is 1. The minimum atomic E-state index is -4.44. The molecule has 0 fully saturated rings. The Morgan fingerprint density at radius 2 is 1.86 bits per heavy atom. The van der Waals surface area contributed by atoms with Crippen LogP contribution in [0.3, 0.4) is 0 Å². The zero-order chi connectivity index (χ0) is 21.4. The molecule has 152 valence electrons. The predicted molar refractivity (Wildman–Crippen MR) is 107 cm³/mol. The lowest BCUT2D eigenvalue weighted by Crippen LogP contribution is -2.16. The smallest absolute Gasteiger partial charge is 0.416 e. The van der Waals surface area contributed by atoms with Crippen molar-refractivity contribution in [2.75, 3.05) is 24.3 Å². The highest BCUT2D eigenvalue weighted by molar-refractivity contribution is 6.07. The van der Waals surface area contributed by atoms with Crippen LogP contribution in [-0.2, 0) is 10.9 Å². The number of aromatic nitrogens is 1. The Hall–Kier alpha value is -3.55. The van der Waals surface area contributed by atoms with E-state index in [0.29, 0.717) is 23.7 Å². The van der Waals surface area contributed by atoms with Crippen molar-refractivity contribution in [2.24, 2.45) is 0 Å². The van der Waals surface area contributed by atoms with Crippen molar-refractivity contribution in [3.8, 4) is 0 Å². The van der Waals surface area contributed by atoms with Gasteiger partial charge in [-0.25, -0.2) is 4.98 Å². The van der Waals surface area contributed by atoms with E-state index in [4.69, 9.17) is 4.74 Å². The van der Waals surface area contributed by atoms with Crippen molar-refractivity contribution in [1.29, 1.82) is 0 Å². The number of alkyl halides is 3. The van der Waals surface area contributed by atoms with Gasteiger partial charge in [-0.2, -0.15) is 13.2 Å². The molecule has 0 aliphatic carbocycles. The van der Waals surface area contributed by atoms with Crippen LogP contribution in [0, 0.1) is 0 Å². The van der Waals surface area contributed by atoms with Crippen molar-refractivity contribution in [1.82, 2.24) is 4.98 Å². The van der Waals surface area contributed by atoms with E-state index in [1.54, 1.807) is 24.3 Å². The summed E-state index contributed by atoms with van der Waals surface area (Å²) in [6.07, 6.45) is 0.447. The van der Waals surface area contributed by atoms with Gasteiger partial charge in [0.15, 0.2) is 0 Å². The normalized spacial score (nSPS) is 11.2. The molecule has 8 heteroatoms. The van der Waals surface area contributed by atoms with Crippen LogP contribution >= 0.6 is 0 Å². The van der Waals surface area contributed by atoms with Gasteiger partial charge in [-0.3, -0.25) is 4.79 Å². The maximum Gasteiger partial charge on any atom is 0.416 e. The van der Waals surface area contributed by atoms with E-state index >= 15 is 0 Å². The van der Waals surface area contributed by atoms with Gasteiger partial charge in [0.05, 0.1) is 18.2 Å². The number of hydrogen-bond acceptors (Lipinski definition) is 4. The van der Waals surface area contributed by atoms with E-state index in [2.05, 4.69) is 28.8 Å². The monoisotopic (exact) mass is 403 g/mol. The highest BCUT2D eigenvalue weighted by Crippen LogP contribution is 2.30. The van der Waals surface area contributed by atoms with Gasteiger partial charge in [0, 0.05) is 18.4 Å². The third-order valence-corrected chi connectivity index (χ3v) is 3.77. The molecule has 0 unspecified atom stereocenters. The minimum Gasteiger partial charge on any atom is -0.497 e. The largest absolute Gasteiger partial charge is 0.497 e.